The summed E-state index contributed by atoms with van der Waals surface area (Å²) < 4.78 is 36.3. The number of benzene rings is 2. The van der Waals surface area contributed by atoms with Gasteiger partial charge in [-0.25, -0.2) is 13.8 Å². The second-order valence-electron chi connectivity index (χ2n) is 9.30. The minimum atomic E-state index is -0.722. The van der Waals surface area contributed by atoms with Crippen LogP contribution in [0.1, 0.15) is 35.8 Å². The maximum Gasteiger partial charge on any atom is 0.255 e. The van der Waals surface area contributed by atoms with Crippen LogP contribution in [0.25, 0.3) is 28.3 Å². The number of pyridine rings is 1. The Balaban J connectivity index is 1.68. The molecule has 0 spiro atoms. The summed E-state index contributed by atoms with van der Waals surface area (Å²) in [5, 5.41) is 0. The number of hydrogen-bond donors (Lipinski definition) is 0. The highest BCUT2D eigenvalue weighted by Crippen LogP contribution is 2.38. The number of para-hydroxylation sites is 1. The number of likely N-dealkylation sites (tertiary alicyclic amines) is 1. The minimum Gasteiger partial charge on any atom is -0.440 e. The lowest BCUT2D eigenvalue weighted by Gasteiger charge is -2.26. The van der Waals surface area contributed by atoms with Crippen molar-refractivity contribution in [1.82, 2.24) is 14.5 Å². The first-order valence-corrected chi connectivity index (χ1v) is 11.8. The molecule has 4 aromatic rings. The number of aryl methyl sites for hydroxylation is 2. The molecule has 1 aliphatic rings. The Morgan fingerprint density at radius 1 is 1.00 bits per heavy atom. The van der Waals surface area contributed by atoms with E-state index in [1.165, 1.54) is 18.2 Å². The predicted octanol–water partition coefficient (Wildman–Crippen LogP) is 5.86. The Morgan fingerprint density at radius 2 is 1.71 bits per heavy atom. The van der Waals surface area contributed by atoms with E-state index in [-0.39, 0.29) is 22.8 Å². The van der Waals surface area contributed by atoms with Gasteiger partial charge < -0.3 is 9.32 Å². The average Bonchev–Trinajstić information content (AvgIpc) is 3.25. The number of rotatable bonds is 4. The van der Waals surface area contributed by atoms with Crippen molar-refractivity contribution in [2.75, 3.05) is 20.1 Å². The SMILES string of the molecule is Cc1cccc(C)c1-n1cc(-c2nc(C3CCN(C)CC3)oc2-c2ccc(F)cc2F)ccc1=O. The molecule has 3 heterocycles. The van der Waals surface area contributed by atoms with Crippen LogP contribution in [0.5, 0.6) is 0 Å². The summed E-state index contributed by atoms with van der Waals surface area (Å²) in [6, 6.07) is 12.4. The van der Waals surface area contributed by atoms with Crippen LogP contribution < -0.4 is 5.56 Å². The third-order valence-corrected chi connectivity index (χ3v) is 6.75. The van der Waals surface area contributed by atoms with Crippen LogP contribution in [-0.2, 0) is 0 Å². The van der Waals surface area contributed by atoms with E-state index in [0.717, 1.165) is 48.8 Å². The Hall–Kier alpha value is -3.58. The lowest BCUT2D eigenvalue weighted by molar-refractivity contribution is 0.238. The van der Waals surface area contributed by atoms with Crippen molar-refractivity contribution in [2.45, 2.75) is 32.6 Å². The quantitative estimate of drug-likeness (QED) is 0.371. The third kappa shape index (κ3) is 4.44. The molecule has 0 saturated carbocycles. The van der Waals surface area contributed by atoms with Gasteiger partial charge in [-0.15, -0.1) is 0 Å². The smallest absolute Gasteiger partial charge is 0.255 e. The maximum absolute atomic E-state index is 14.9. The van der Waals surface area contributed by atoms with Crippen molar-refractivity contribution in [3.05, 3.63) is 93.7 Å². The summed E-state index contributed by atoms with van der Waals surface area (Å²) in [5.74, 6) is -0.502. The summed E-state index contributed by atoms with van der Waals surface area (Å²) in [6.45, 7) is 5.74. The van der Waals surface area contributed by atoms with Crippen LogP contribution in [0.15, 0.2) is 63.9 Å². The van der Waals surface area contributed by atoms with Gasteiger partial charge >= 0.3 is 0 Å². The van der Waals surface area contributed by atoms with Crippen molar-refractivity contribution in [3.63, 3.8) is 0 Å². The molecular weight excluding hydrogens is 448 g/mol. The molecule has 0 aliphatic carbocycles. The largest absolute Gasteiger partial charge is 0.440 e. The molecule has 0 amide bonds. The molecule has 1 fully saturated rings. The summed E-state index contributed by atoms with van der Waals surface area (Å²) in [7, 11) is 2.08. The van der Waals surface area contributed by atoms with E-state index >= 15 is 0 Å². The van der Waals surface area contributed by atoms with Gasteiger partial charge in [0.1, 0.15) is 17.3 Å². The van der Waals surface area contributed by atoms with E-state index in [1.807, 2.05) is 32.0 Å². The number of hydrogen-bond acceptors (Lipinski definition) is 4. The van der Waals surface area contributed by atoms with Crippen LogP contribution in [0.3, 0.4) is 0 Å². The molecule has 0 atom stereocenters. The first-order chi connectivity index (χ1) is 16.8. The Morgan fingerprint density at radius 3 is 2.40 bits per heavy atom. The fourth-order valence-electron chi connectivity index (χ4n) is 4.81. The van der Waals surface area contributed by atoms with E-state index in [4.69, 9.17) is 9.40 Å². The van der Waals surface area contributed by atoms with Gasteiger partial charge in [0, 0.05) is 29.8 Å². The second kappa shape index (κ2) is 9.23. The van der Waals surface area contributed by atoms with Gasteiger partial charge in [0.05, 0.1) is 11.3 Å². The van der Waals surface area contributed by atoms with Gasteiger partial charge in [0.25, 0.3) is 5.56 Å². The molecular formula is C28H27F2N3O2. The normalized spacial score (nSPS) is 15.0. The topological polar surface area (TPSA) is 51.3 Å². The van der Waals surface area contributed by atoms with Crippen LogP contribution in [0, 0.1) is 25.5 Å². The third-order valence-electron chi connectivity index (χ3n) is 6.75. The Kier molecular flexibility index (Phi) is 6.11. The summed E-state index contributed by atoms with van der Waals surface area (Å²) in [5.41, 5.74) is 3.73. The first-order valence-electron chi connectivity index (χ1n) is 11.8. The van der Waals surface area contributed by atoms with E-state index in [2.05, 4.69) is 11.9 Å². The summed E-state index contributed by atoms with van der Waals surface area (Å²) >= 11 is 0. The highest BCUT2D eigenvalue weighted by molar-refractivity contribution is 5.77. The molecule has 2 aromatic carbocycles. The Bertz CT molecular complexity index is 1430. The Labute approximate surface area is 202 Å². The minimum absolute atomic E-state index is 0.103. The average molecular weight is 476 g/mol. The standard InChI is InChI=1S/C28H27F2N3O2/c1-17-5-4-6-18(2)26(17)33-16-20(7-10-24(33)34)25-27(22-9-8-21(29)15-23(22)30)35-28(31-25)19-11-13-32(3)14-12-19/h4-10,15-16,19H,11-14H2,1-3H3. The van der Waals surface area contributed by atoms with E-state index in [9.17, 15) is 13.6 Å². The maximum atomic E-state index is 14.9. The van der Waals surface area contributed by atoms with Gasteiger partial charge in [-0.3, -0.25) is 9.36 Å². The highest BCUT2D eigenvalue weighted by atomic mass is 19.1. The number of piperidine rings is 1. The first kappa shape index (κ1) is 23.2. The van der Waals surface area contributed by atoms with Crippen molar-refractivity contribution in [1.29, 1.82) is 0 Å². The molecule has 0 unspecified atom stereocenters. The molecule has 0 bridgehead atoms. The number of halogens is 2. The second-order valence-corrected chi connectivity index (χ2v) is 9.30. The van der Waals surface area contributed by atoms with Gasteiger partial charge in [-0.1, -0.05) is 18.2 Å². The van der Waals surface area contributed by atoms with Crippen LogP contribution in [0.2, 0.25) is 0 Å². The molecule has 0 N–H and O–H groups in total. The zero-order chi connectivity index (χ0) is 24.7. The van der Waals surface area contributed by atoms with Crippen LogP contribution in [0.4, 0.5) is 8.78 Å². The van der Waals surface area contributed by atoms with Crippen LogP contribution >= 0.6 is 0 Å². The van der Waals surface area contributed by atoms with Crippen molar-refractivity contribution in [2.24, 2.45) is 0 Å². The molecule has 35 heavy (non-hydrogen) atoms. The molecule has 5 nitrogen and oxygen atoms in total. The van der Waals surface area contributed by atoms with E-state index < -0.39 is 11.6 Å². The number of aromatic nitrogens is 2. The van der Waals surface area contributed by atoms with Crippen LogP contribution in [-0.4, -0.2) is 34.6 Å². The van der Waals surface area contributed by atoms with Crippen molar-refractivity contribution in [3.8, 4) is 28.3 Å². The molecule has 2 aromatic heterocycles. The highest BCUT2D eigenvalue weighted by Gasteiger charge is 2.27. The van der Waals surface area contributed by atoms with E-state index in [1.54, 1.807) is 16.8 Å². The van der Waals surface area contributed by atoms with Gasteiger partial charge in [-0.05, 0) is 76.2 Å². The fourth-order valence-corrected chi connectivity index (χ4v) is 4.81. The molecule has 0 radical (unpaired) electrons. The summed E-state index contributed by atoms with van der Waals surface area (Å²) in [4.78, 5) is 19.9. The zero-order valence-corrected chi connectivity index (χ0v) is 20.0. The van der Waals surface area contributed by atoms with Gasteiger partial charge in [-0.2, -0.15) is 0 Å². The molecule has 7 heteroatoms. The summed E-state index contributed by atoms with van der Waals surface area (Å²) in [6.07, 6.45) is 3.48. The van der Waals surface area contributed by atoms with Crippen molar-refractivity contribution >= 4 is 0 Å². The van der Waals surface area contributed by atoms with Gasteiger partial charge in [0.2, 0.25) is 0 Å². The number of nitrogens with zero attached hydrogens (tertiary/aromatic N) is 3. The molecule has 180 valence electrons. The number of oxazole rings is 1. The fraction of sp³-hybridized carbons (Fsp3) is 0.286. The lowest BCUT2D eigenvalue weighted by atomic mass is 9.97. The zero-order valence-electron chi connectivity index (χ0n) is 20.0. The predicted molar refractivity (Wildman–Crippen MR) is 132 cm³/mol. The molecule has 1 saturated heterocycles. The van der Waals surface area contributed by atoms with E-state index in [0.29, 0.717) is 17.1 Å². The molecule has 5 rings (SSSR count). The van der Waals surface area contributed by atoms with Gasteiger partial charge in [0.15, 0.2) is 11.7 Å². The van der Waals surface area contributed by atoms with Crippen molar-refractivity contribution < 1.29 is 13.2 Å². The lowest BCUT2D eigenvalue weighted by Crippen LogP contribution is -2.29. The molecule has 1 aliphatic heterocycles. The monoisotopic (exact) mass is 475 g/mol.